The zero-order valence-corrected chi connectivity index (χ0v) is 21.0. The van der Waals surface area contributed by atoms with Crippen LogP contribution in [0.1, 0.15) is 20.7 Å². The second kappa shape index (κ2) is 10.4. The van der Waals surface area contributed by atoms with Gasteiger partial charge in [0.2, 0.25) is 0 Å². The van der Waals surface area contributed by atoms with E-state index in [-0.39, 0.29) is 43.4 Å². The zero-order chi connectivity index (χ0) is 27.5. The van der Waals surface area contributed by atoms with Crippen molar-refractivity contribution in [2.24, 2.45) is 0 Å². The summed E-state index contributed by atoms with van der Waals surface area (Å²) in [4.78, 5) is 23.8. The van der Waals surface area contributed by atoms with Crippen molar-refractivity contribution in [3.63, 3.8) is 0 Å². The molecule has 0 bridgehead atoms. The molecule has 0 aromatic heterocycles. The van der Waals surface area contributed by atoms with Crippen molar-refractivity contribution >= 4 is 43.4 Å². The highest BCUT2D eigenvalue weighted by atomic mass is 32.2. The molecule has 0 fully saturated rings. The van der Waals surface area contributed by atoms with Crippen LogP contribution in [0.2, 0.25) is 0 Å². The number of carboxylic acid groups (broad SMARTS) is 2. The Bertz CT molecular complexity index is 1610. The minimum atomic E-state index is -4.07. The van der Waals surface area contributed by atoms with Gasteiger partial charge in [0.05, 0.1) is 32.3 Å². The molecule has 12 heteroatoms. The Morgan fingerprint density at radius 1 is 0.526 bits per heavy atom. The Kier molecular flexibility index (Phi) is 7.19. The van der Waals surface area contributed by atoms with Crippen LogP contribution in [0.4, 0.5) is 11.4 Å². The molecular weight excluding hydrogens is 532 g/mol. The van der Waals surface area contributed by atoms with Crippen LogP contribution in [0.25, 0.3) is 11.1 Å². The van der Waals surface area contributed by atoms with Crippen molar-refractivity contribution in [1.82, 2.24) is 0 Å². The molecule has 0 atom stereocenters. The molecule has 0 aliphatic heterocycles. The van der Waals surface area contributed by atoms with Gasteiger partial charge in [0.1, 0.15) is 0 Å². The summed E-state index contributed by atoms with van der Waals surface area (Å²) in [5, 5.41) is 19.4. The molecule has 4 aromatic rings. The van der Waals surface area contributed by atoms with E-state index in [9.17, 15) is 36.6 Å². The summed E-state index contributed by atoms with van der Waals surface area (Å²) in [6, 6.07) is 22.6. The first-order valence-electron chi connectivity index (χ1n) is 10.9. The Balaban J connectivity index is 1.70. The van der Waals surface area contributed by atoms with Gasteiger partial charge in [0, 0.05) is 0 Å². The van der Waals surface area contributed by atoms with Crippen LogP contribution in [0.3, 0.4) is 0 Å². The molecule has 0 spiro atoms. The third kappa shape index (κ3) is 5.66. The van der Waals surface area contributed by atoms with Gasteiger partial charge in [-0.15, -0.1) is 0 Å². The van der Waals surface area contributed by atoms with E-state index in [4.69, 9.17) is 0 Å². The second-order valence-corrected chi connectivity index (χ2v) is 11.3. The first-order chi connectivity index (χ1) is 18.0. The normalized spacial score (nSPS) is 11.5. The van der Waals surface area contributed by atoms with E-state index in [2.05, 4.69) is 9.44 Å². The van der Waals surface area contributed by atoms with E-state index in [1.807, 2.05) is 0 Å². The maximum absolute atomic E-state index is 12.7. The summed E-state index contributed by atoms with van der Waals surface area (Å²) in [5.41, 5.74) is -0.567. The molecule has 4 rings (SSSR count). The number of carboxylic acids is 2. The van der Waals surface area contributed by atoms with Gasteiger partial charge in [-0.05, 0) is 59.7 Å². The Hall–Kier alpha value is -4.68. The van der Waals surface area contributed by atoms with Gasteiger partial charge in [-0.1, -0.05) is 48.5 Å². The largest absolute Gasteiger partial charge is 0.478 e. The van der Waals surface area contributed by atoms with Crippen LogP contribution in [0.5, 0.6) is 0 Å². The molecule has 10 nitrogen and oxygen atoms in total. The highest BCUT2D eigenvalue weighted by molar-refractivity contribution is 7.93. The third-order valence-corrected chi connectivity index (χ3v) is 8.19. The van der Waals surface area contributed by atoms with E-state index in [0.29, 0.717) is 0 Å². The average molecular weight is 553 g/mol. The van der Waals surface area contributed by atoms with Gasteiger partial charge in [0.25, 0.3) is 20.0 Å². The molecule has 0 amide bonds. The molecule has 0 saturated carbocycles. The first-order valence-corrected chi connectivity index (χ1v) is 13.9. The number of carbonyl (C=O) groups is 2. The predicted octanol–water partition coefficient (Wildman–Crippen LogP) is 4.35. The van der Waals surface area contributed by atoms with Gasteiger partial charge in [-0.25, -0.2) is 26.4 Å². The average Bonchev–Trinajstić information content (AvgIpc) is 2.89. The lowest BCUT2D eigenvalue weighted by molar-refractivity contribution is 0.0687. The van der Waals surface area contributed by atoms with Crippen molar-refractivity contribution < 1.29 is 36.6 Å². The summed E-state index contributed by atoms with van der Waals surface area (Å²) < 4.78 is 55.2. The van der Waals surface area contributed by atoms with Crippen LogP contribution in [-0.4, -0.2) is 39.0 Å². The summed E-state index contributed by atoms with van der Waals surface area (Å²) in [7, 11) is -8.13. The van der Waals surface area contributed by atoms with Crippen molar-refractivity contribution in [2.45, 2.75) is 9.79 Å². The summed E-state index contributed by atoms with van der Waals surface area (Å²) in [6.07, 6.45) is 0. The number of hydrogen-bond donors (Lipinski definition) is 4. The van der Waals surface area contributed by atoms with E-state index < -0.39 is 32.0 Å². The molecule has 194 valence electrons. The van der Waals surface area contributed by atoms with E-state index in [0.717, 1.165) is 0 Å². The summed E-state index contributed by atoms with van der Waals surface area (Å²) >= 11 is 0. The van der Waals surface area contributed by atoms with Gasteiger partial charge >= 0.3 is 11.9 Å². The number of aromatic carboxylic acids is 2. The number of benzene rings is 4. The topological polar surface area (TPSA) is 167 Å². The highest BCUT2D eigenvalue weighted by Crippen LogP contribution is 2.31. The lowest BCUT2D eigenvalue weighted by Crippen LogP contribution is -2.16. The molecule has 0 aliphatic carbocycles. The molecule has 38 heavy (non-hydrogen) atoms. The number of anilines is 2. The molecular formula is C26H20N2O8S2. The molecule has 0 aliphatic rings. The SMILES string of the molecule is O=C(O)c1cc(-c2ccc(NS(=O)(=O)c3ccccc3)c(C(=O)O)c2)ccc1NS(=O)(=O)c1ccccc1. The van der Waals surface area contributed by atoms with Crippen LogP contribution in [0, 0.1) is 0 Å². The van der Waals surface area contributed by atoms with Crippen molar-refractivity contribution in [2.75, 3.05) is 9.44 Å². The molecule has 4 aromatic carbocycles. The van der Waals surface area contributed by atoms with E-state index >= 15 is 0 Å². The van der Waals surface area contributed by atoms with Gasteiger partial charge in [-0.3, -0.25) is 9.44 Å². The predicted molar refractivity (Wildman–Crippen MR) is 140 cm³/mol. The lowest BCUT2D eigenvalue weighted by Gasteiger charge is -2.14. The number of sulfonamides is 2. The standard InChI is InChI=1S/C26H20N2O8S2/c29-25(30)21-15-17(11-13-23(21)27-37(33,34)19-7-3-1-4-8-19)18-12-14-24(22(16-18)26(31)32)28-38(35,36)20-9-5-2-6-10-20/h1-16,27-28H,(H,29,30)(H,31,32). The maximum Gasteiger partial charge on any atom is 0.337 e. The molecule has 0 radical (unpaired) electrons. The smallest absolute Gasteiger partial charge is 0.337 e. The van der Waals surface area contributed by atoms with Crippen LogP contribution >= 0.6 is 0 Å². The van der Waals surface area contributed by atoms with Crippen LogP contribution in [-0.2, 0) is 20.0 Å². The second-order valence-electron chi connectivity index (χ2n) is 7.97. The Morgan fingerprint density at radius 2 is 0.868 bits per heavy atom. The van der Waals surface area contributed by atoms with Gasteiger partial charge in [0.15, 0.2) is 0 Å². The molecule has 4 N–H and O–H groups in total. The third-order valence-electron chi connectivity index (χ3n) is 5.43. The molecule has 0 heterocycles. The van der Waals surface area contributed by atoms with Crippen LogP contribution in [0.15, 0.2) is 107 Å². The quantitative estimate of drug-likeness (QED) is 0.238. The molecule has 0 unspecified atom stereocenters. The summed E-state index contributed by atoms with van der Waals surface area (Å²) in [6.45, 7) is 0. The lowest BCUT2D eigenvalue weighted by atomic mass is 9.99. The first kappa shape index (κ1) is 26.4. The Morgan fingerprint density at radius 3 is 1.18 bits per heavy atom. The Labute approximate surface area is 218 Å². The fourth-order valence-electron chi connectivity index (χ4n) is 3.59. The maximum atomic E-state index is 12.7. The number of nitrogens with one attached hydrogen (secondary N) is 2. The van der Waals surface area contributed by atoms with Gasteiger partial charge < -0.3 is 10.2 Å². The minimum absolute atomic E-state index is 0.0555. The fraction of sp³-hybridized carbons (Fsp3) is 0. The minimum Gasteiger partial charge on any atom is -0.478 e. The number of hydrogen-bond acceptors (Lipinski definition) is 6. The fourth-order valence-corrected chi connectivity index (χ4v) is 5.79. The van der Waals surface area contributed by atoms with Gasteiger partial charge in [-0.2, -0.15) is 0 Å². The van der Waals surface area contributed by atoms with E-state index in [1.165, 1.54) is 84.9 Å². The van der Waals surface area contributed by atoms with Crippen molar-refractivity contribution in [3.8, 4) is 11.1 Å². The highest BCUT2D eigenvalue weighted by Gasteiger charge is 2.21. The zero-order valence-electron chi connectivity index (χ0n) is 19.4. The van der Waals surface area contributed by atoms with Crippen molar-refractivity contribution in [3.05, 3.63) is 108 Å². The molecule has 0 saturated heterocycles. The number of rotatable bonds is 9. The van der Waals surface area contributed by atoms with E-state index in [1.54, 1.807) is 12.1 Å². The van der Waals surface area contributed by atoms with Crippen molar-refractivity contribution in [1.29, 1.82) is 0 Å². The monoisotopic (exact) mass is 552 g/mol. The summed E-state index contributed by atoms with van der Waals surface area (Å²) in [5.74, 6) is -2.83. The van der Waals surface area contributed by atoms with Crippen LogP contribution < -0.4 is 9.44 Å².